The summed E-state index contributed by atoms with van der Waals surface area (Å²) in [7, 11) is 0. The average Bonchev–Trinajstić information content (AvgIpc) is 2.77. The highest BCUT2D eigenvalue weighted by Crippen LogP contribution is 2.41. The zero-order valence-corrected chi connectivity index (χ0v) is 10.0. The van der Waals surface area contributed by atoms with Crippen LogP contribution < -0.4 is 11.1 Å². The van der Waals surface area contributed by atoms with Gasteiger partial charge < -0.3 is 16.3 Å². The summed E-state index contributed by atoms with van der Waals surface area (Å²) in [5.41, 5.74) is 4.78. The minimum absolute atomic E-state index is 0.000360. The fourth-order valence-corrected chi connectivity index (χ4v) is 2.45. The van der Waals surface area contributed by atoms with Gasteiger partial charge in [-0.2, -0.15) is 0 Å². The standard InChI is InChI=1S/C10H14N4O2S/c11-8(14-16)10(2-1-3-10)9(15)13-6-7-12-4-5-17-7/h4-5,16H,1-3,6H2,(H2,11,14)(H,13,15). The molecule has 1 saturated carbocycles. The van der Waals surface area contributed by atoms with Gasteiger partial charge in [-0.3, -0.25) is 4.79 Å². The van der Waals surface area contributed by atoms with E-state index in [1.54, 1.807) is 6.20 Å². The first-order valence-electron chi connectivity index (χ1n) is 5.34. The van der Waals surface area contributed by atoms with Gasteiger partial charge in [-0.05, 0) is 12.8 Å². The molecule has 0 spiro atoms. The summed E-state index contributed by atoms with van der Waals surface area (Å²) < 4.78 is 0. The van der Waals surface area contributed by atoms with Crippen LogP contribution in [0.15, 0.2) is 16.7 Å². The van der Waals surface area contributed by atoms with E-state index in [0.717, 1.165) is 11.4 Å². The second-order valence-corrected chi connectivity index (χ2v) is 5.01. The third kappa shape index (κ3) is 2.10. The minimum Gasteiger partial charge on any atom is -0.409 e. The molecular formula is C10H14N4O2S. The number of aromatic nitrogens is 1. The molecule has 0 atom stereocenters. The first-order chi connectivity index (χ1) is 8.19. The smallest absolute Gasteiger partial charge is 0.234 e. The first-order valence-corrected chi connectivity index (χ1v) is 6.22. The van der Waals surface area contributed by atoms with Crippen molar-refractivity contribution in [1.82, 2.24) is 10.3 Å². The summed E-state index contributed by atoms with van der Waals surface area (Å²) in [5.74, 6) is -0.186. The second kappa shape index (κ2) is 4.70. The summed E-state index contributed by atoms with van der Waals surface area (Å²) >= 11 is 1.48. The molecule has 0 unspecified atom stereocenters. The van der Waals surface area contributed by atoms with E-state index in [4.69, 9.17) is 10.9 Å². The van der Waals surface area contributed by atoms with Crippen LogP contribution in [0.3, 0.4) is 0 Å². The van der Waals surface area contributed by atoms with E-state index in [9.17, 15) is 4.79 Å². The molecule has 0 aliphatic heterocycles. The molecule has 1 aliphatic rings. The predicted molar refractivity (Wildman–Crippen MR) is 63.7 cm³/mol. The second-order valence-electron chi connectivity index (χ2n) is 4.03. The lowest BCUT2D eigenvalue weighted by atomic mass is 9.67. The summed E-state index contributed by atoms with van der Waals surface area (Å²) in [5, 5.41) is 17.2. The van der Waals surface area contributed by atoms with Crippen molar-refractivity contribution < 1.29 is 10.0 Å². The van der Waals surface area contributed by atoms with Gasteiger partial charge in [0.25, 0.3) is 0 Å². The van der Waals surface area contributed by atoms with Crippen LogP contribution in [0.25, 0.3) is 0 Å². The van der Waals surface area contributed by atoms with Crippen LogP contribution in [0.4, 0.5) is 0 Å². The number of rotatable bonds is 4. The van der Waals surface area contributed by atoms with E-state index in [2.05, 4.69) is 15.5 Å². The van der Waals surface area contributed by atoms with Crippen molar-refractivity contribution in [2.24, 2.45) is 16.3 Å². The highest BCUT2D eigenvalue weighted by molar-refractivity contribution is 7.09. The van der Waals surface area contributed by atoms with Crippen molar-refractivity contribution in [3.8, 4) is 0 Å². The lowest BCUT2D eigenvalue weighted by Crippen LogP contribution is -2.53. The Morgan fingerprint density at radius 1 is 1.71 bits per heavy atom. The van der Waals surface area contributed by atoms with Gasteiger partial charge in [0.05, 0.1) is 6.54 Å². The average molecular weight is 254 g/mol. The Morgan fingerprint density at radius 3 is 2.94 bits per heavy atom. The Kier molecular flexibility index (Phi) is 3.28. The maximum Gasteiger partial charge on any atom is 0.234 e. The molecule has 0 saturated heterocycles. The quantitative estimate of drug-likeness (QED) is 0.318. The monoisotopic (exact) mass is 254 g/mol. The molecule has 0 bridgehead atoms. The molecule has 0 aromatic carbocycles. The van der Waals surface area contributed by atoms with Crippen LogP contribution in [0, 0.1) is 5.41 Å². The van der Waals surface area contributed by atoms with Gasteiger partial charge in [-0.1, -0.05) is 11.6 Å². The summed E-state index contributed by atoms with van der Waals surface area (Å²) in [4.78, 5) is 16.1. The zero-order valence-electron chi connectivity index (χ0n) is 9.22. The summed E-state index contributed by atoms with van der Waals surface area (Å²) in [6.07, 6.45) is 3.87. The van der Waals surface area contributed by atoms with Crippen LogP contribution in [0.2, 0.25) is 0 Å². The minimum atomic E-state index is -0.813. The van der Waals surface area contributed by atoms with Crippen molar-refractivity contribution in [3.05, 3.63) is 16.6 Å². The van der Waals surface area contributed by atoms with Gasteiger partial charge in [0.15, 0.2) is 5.84 Å². The molecule has 4 N–H and O–H groups in total. The van der Waals surface area contributed by atoms with E-state index in [1.807, 2.05) is 5.38 Å². The SMILES string of the molecule is N/C(=N/O)C1(C(=O)NCc2nccs2)CCC1. The number of nitrogens with zero attached hydrogens (tertiary/aromatic N) is 2. The van der Waals surface area contributed by atoms with Crippen LogP contribution in [0.5, 0.6) is 0 Å². The number of nitrogens with one attached hydrogen (secondary N) is 1. The Labute approximate surface area is 103 Å². The van der Waals surface area contributed by atoms with Gasteiger partial charge >= 0.3 is 0 Å². The van der Waals surface area contributed by atoms with Crippen molar-refractivity contribution in [3.63, 3.8) is 0 Å². The van der Waals surface area contributed by atoms with Crippen molar-refractivity contribution in [1.29, 1.82) is 0 Å². The number of carbonyl (C=O) groups is 1. The highest BCUT2D eigenvalue weighted by Gasteiger charge is 2.48. The van der Waals surface area contributed by atoms with Gasteiger partial charge in [0, 0.05) is 11.6 Å². The lowest BCUT2D eigenvalue weighted by molar-refractivity contribution is -0.131. The maximum absolute atomic E-state index is 12.0. The number of thiazole rings is 1. The topological polar surface area (TPSA) is 101 Å². The third-order valence-electron chi connectivity index (χ3n) is 3.12. The van der Waals surface area contributed by atoms with E-state index in [1.165, 1.54) is 11.3 Å². The van der Waals surface area contributed by atoms with Crippen LogP contribution in [0.1, 0.15) is 24.3 Å². The fourth-order valence-electron chi connectivity index (χ4n) is 1.89. The molecule has 6 nitrogen and oxygen atoms in total. The lowest BCUT2D eigenvalue weighted by Gasteiger charge is -2.38. The molecule has 17 heavy (non-hydrogen) atoms. The predicted octanol–water partition coefficient (Wildman–Crippen LogP) is 0.676. The van der Waals surface area contributed by atoms with Crippen molar-refractivity contribution in [2.45, 2.75) is 25.8 Å². The van der Waals surface area contributed by atoms with E-state index in [-0.39, 0.29) is 11.7 Å². The molecule has 1 fully saturated rings. The molecule has 2 rings (SSSR count). The van der Waals surface area contributed by atoms with E-state index < -0.39 is 5.41 Å². The normalized spacial score (nSPS) is 18.5. The molecule has 1 amide bonds. The van der Waals surface area contributed by atoms with Gasteiger partial charge in [0.2, 0.25) is 5.91 Å². The fraction of sp³-hybridized carbons (Fsp3) is 0.500. The van der Waals surface area contributed by atoms with Gasteiger partial charge in [-0.15, -0.1) is 11.3 Å². The molecule has 92 valence electrons. The van der Waals surface area contributed by atoms with E-state index >= 15 is 0 Å². The molecule has 1 heterocycles. The van der Waals surface area contributed by atoms with Crippen molar-refractivity contribution in [2.75, 3.05) is 0 Å². The molecule has 1 aromatic rings. The number of hydrogen-bond acceptors (Lipinski definition) is 5. The number of oxime groups is 1. The molecular weight excluding hydrogens is 240 g/mol. The summed E-state index contributed by atoms with van der Waals surface area (Å²) in [6.45, 7) is 0.386. The Balaban J connectivity index is 1.99. The van der Waals surface area contributed by atoms with Crippen LogP contribution in [-0.2, 0) is 11.3 Å². The number of amidine groups is 1. The zero-order chi connectivity index (χ0) is 12.3. The number of amides is 1. The Morgan fingerprint density at radius 2 is 2.47 bits per heavy atom. The number of nitrogens with two attached hydrogens (primary N) is 1. The Bertz CT molecular complexity index is 426. The Hall–Kier alpha value is -1.63. The molecule has 1 aromatic heterocycles. The van der Waals surface area contributed by atoms with Crippen LogP contribution in [-0.4, -0.2) is 21.9 Å². The molecule has 1 aliphatic carbocycles. The highest BCUT2D eigenvalue weighted by atomic mass is 32.1. The first kappa shape index (κ1) is 11.8. The van der Waals surface area contributed by atoms with Gasteiger partial charge in [-0.25, -0.2) is 4.98 Å². The van der Waals surface area contributed by atoms with Crippen LogP contribution >= 0.6 is 11.3 Å². The van der Waals surface area contributed by atoms with Crippen molar-refractivity contribution >= 4 is 23.1 Å². The third-order valence-corrected chi connectivity index (χ3v) is 3.90. The maximum atomic E-state index is 12.0. The van der Waals surface area contributed by atoms with Gasteiger partial charge in [0.1, 0.15) is 10.4 Å². The molecule has 7 heteroatoms. The molecule has 0 radical (unpaired) electrons. The number of carbonyl (C=O) groups excluding carboxylic acids is 1. The number of hydrogen-bond donors (Lipinski definition) is 3. The van der Waals surface area contributed by atoms with E-state index in [0.29, 0.717) is 19.4 Å². The summed E-state index contributed by atoms with van der Waals surface area (Å²) in [6, 6.07) is 0. The largest absolute Gasteiger partial charge is 0.409 e.